The van der Waals surface area contributed by atoms with Crippen LogP contribution in [0.1, 0.15) is 45.4 Å². The van der Waals surface area contributed by atoms with E-state index in [0.717, 1.165) is 19.3 Å². The molecular formula is C16H23FO2. The van der Waals surface area contributed by atoms with Gasteiger partial charge in [-0.15, -0.1) is 0 Å². The third kappa shape index (κ3) is 4.83. The van der Waals surface area contributed by atoms with Crippen LogP contribution in [0.4, 0.5) is 4.39 Å². The van der Waals surface area contributed by atoms with Gasteiger partial charge < -0.3 is 9.47 Å². The number of ether oxygens (including phenoxy) is 2. The summed E-state index contributed by atoms with van der Waals surface area (Å²) in [5, 5.41) is 0. The van der Waals surface area contributed by atoms with Crippen LogP contribution in [-0.4, -0.2) is 18.8 Å². The van der Waals surface area contributed by atoms with E-state index in [-0.39, 0.29) is 5.82 Å². The number of halogens is 1. The van der Waals surface area contributed by atoms with Gasteiger partial charge in [0.2, 0.25) is 0 Å². The first-order valence-corrected chi connectivity index (χ1v) is 7.34. The van der Waals surface area contributed by atoms with Crippen molar-refractivity contribution in [3.05, 3.63) is 30.1 Å². The van der Waals surface area contributed by atoms with E-state index in [1.54, 1.807) is 18.2 Å². The fourth-order valence-electron chi connectivity index (χ4n) is 2.28. The highest BCUT2D eigenvalue weighted by Crippen LogP contribution is 2.31. The Balaban J connectivity index is 1.51. The monoisotopic (exact) mass is 266 g/mol. The first kappa shape index (κ1) is 14.3. The van der Waals surface area contributed by atoms with E-state index in [2.05, 4.69) is 6.92 Å². The molecule has 1 aromatic carbocycles. The van der Waals surface area contributed by atoms with Gasteiger partial charge in [0.15, 0.2) is 11.6 Å². The molecule has 0 aromatic heterocycles. The van der Waals surface area contributed by atoms with Gasteiger partial charge in [-0.3, -0.25) is 0 Å². The van der Waals surface area contributed by atoms with Crippen molar-refractivity contribution in [2.45, 2.75) is 57.7 Å². The average Bonchev–Trinajstić information content (AvgIpc) is 3.16. The van der Waals surface area contributed by atoms with E-state index in [9.17, 15) is 4.39 Å². The van der Waals surface area contributed by atoms with Crippen molar-refractivity contribution in [1.29, 1.82) is 0 Å². The molecule has 1 aromatic rings. The molecule has 2 rings (SSSR count). The van der Waals surface area contributed by atoms with Gasteiger partial charge in [-0.1, -0.05) is 31.9 Å². The van der Waals surface area contributed by atoms with Crippen molar-refractivity contribution >= 4 is 0 Å². The van der Waals surface area contributed by atoms with Crippen LogP contribution in [0.2, 0.25) is 0 Å². The third-order valence-corrected chi connectivity index (χ3v) is 3.51. The number of epoxide rings is 1. The minimum absolute atomic E-state index is 0.285. The summed E-state index contributed by atoms with van der Waals surface area (Å²) in [6.07, 6.45) is 7.83. The molecule has 1 aliphatic heterocycles. The molecule has 0 saturated carbocycles. The van der Waals surface area contributed by atoms with Gasteiger partial charge in [0, 0.05) is 0 Å². The summed E-state index contributed by atoms with van der Waals surface area (Å²) >= 11 is 0. The van der Waals surface area contributed by atoms with E-state index in [1.165, 1.54) is 25.3 Å². The maximum Gasteiger partial charge on any atom is 0.165 e. The number of hydrogen-bond donors (Lipinski definition) is 0. The molecule has 0 spiro atoms. The number of unbranched alkanes of at least 4 members (excludes halogenated alkanes) is 2. The first-order chi connectivity index (χ1) is 9.31. The highest BCUT2D eigenvalue weighted by molar-refractivity contribution is 5.23. The van der Waals surface area contributed by atoms with Gasteiger partial charge in [-0.05, 0) is 37.8 Å². The molecular weight excluding hydrogens is 243 g/mol. The van der Waals surface area contributed by atoms with Crippen LogP contribution >= 0.6 is 0 Å². The molecule has 0 aliphatic carbocycles. The standard InChI is InChI=1S/C16H23FO2/c1-2-3-9-15-16(19-15)11-6-7-12-18-14-10-5-4-8-13(14)17/h4-5,8,10,15-16H,2-3,6-7,9,11-12H2,1H3. The molecule has 0 N–H and O–H groups in total. The van der Waals surface area contributed by atoms with Gasteiger partial charge in [0.05, 0.1) is 18.8 Å². The maximum absolute atomic E-state index is 13.3. The second-order valence-corrected chi connectivity index (χ2v) is 5.13. The predicted molar refractivity (Wildman–Crippen MR) is 73.9 cm³/mol. The highest BCUT2D eigenvalue weighted by Gasteiger charge is 2.36. The molecule has 0 radical (unpaired) electrons. The smallest absolute Gasteiger partial charge is 0.165 e. The van der Waals surface area contributed by atoms with Gasteiger partial charge in [-0.25, -0.2) is 4.39 Å². The van der Waals surface area contributed by atoms with Crippen molar-refractivity contribution in [1.82, 2.24) is 0 Å². The lowest BCUT2D eigenvalue weighted by Crippen LogP contribution is -2.01. The molecule has 19 heavy (non-hydrogen) atoms. The first-order valence-electron chi connectivity index (χ1n) is 7.34. The summed E-state index contributed by atoms with van der Waals surface area (Å²) in [5.41, 5.74) is 0. The average molecular weight is 266 g/mol. The van der Waals surface area contributed by atoms with Gasteiger partial charge in [-0.2, -0.15) is 0 Å². The lowest BCUT2D eigenvalue weighted by molar-refractivity contribution is 0.285. The zero-order valence-corrected chi connectivity index (χ0v) is 11.6. The Morgan fingerprint density at radius 2 is 1.84 bits per heavy atom. The van der Waals surface area contributed by atoms with Crippen LogP contribution in [0.5, 0.6) is 5.75 Å². The van der Waals surface area contributed by atoms with Crippen molar-refractivity contribution in [2.24, 2.45) is 0 Å². The fourth-order valence-corrected chi connectivity index (χ4v) is 2.28. The molecule has 3 heteroatoms. The van der Waals surface area contributed by atoms with Gasteiger partial charge in [0.1, 0.15) is 0 Å². The largest absolute Gasteiger partial charge is 0.491 e. The second-order valence-electron chi connectivity index (χ2n) is 5.13. The SMILES string of the molecule is CCCCC1OC1CCCCOc1ccccc1F. The van der Waals surface area contributed by atoms with Crippen molar-refractivity contribution in [3.63, 3.8) is 0 Å². The quantitative estimate of drug-likeness (QED) is 0.490. The predicted octanol–water partition coefficient (Wildman–Crippen LogP) is 4.33. The summed E-state index contributed by atoms with van der Waals surface area (Å²) < 4.78 is 24.3. The number of hydrogen-bond acceptors (Lipinski definition) is 2. The molecule has 2 nitrogen and oxygen atoms in total. The molecule has 2 unspecified atom stereocenters. The van der Waals surface area contributed by atoms with Crippen LogP contribution < -0.4 is 4.74 Å². The minimum Gasteiger partial charge on any atom is -0.491 e. The molecule has 0 bridgehead atoms. The van der Waals surface area contributed by atoms with Crippen LogP contribution in [0.15, 0.2) is 24.3 Å². The van der Waals surface area contributed by atoms with Gasteiger partial charge in [0.25, 0.3) is 0 Å². The van der Waals surface area contributed by atoms with Crippen LogP contribution in [0, 0.1) is 5.82 Å². The Morgan fingerprint density at radius 3 is 2.58 bits per heavy atom. The van der Waals surface area contributed by atoms with Crippen LogP contribution in [0.3, 0.4) is 0 Å². The molecule has 1 aliphatic rings. The Morgan fingerprint density at radius 1 is 1.11 bits per heavy atom. The number of rotatable bonds is 9. The summed E-state index contributed by atoms with van der Waals surface area (Å²) in [5.74, 6) is 0.0682. The summed E-state index contributed by atoms with van der Waals surface area (Å²) in [7, 11) is 0. The van der Waals surface area contributed by atoms with E-state index in [0.29, 0.717) is 24.6 Å². The third-order valence-electron chi connectivity index (χ3n) is 3.51. The highest BCUT2D eigenvalue weighted by atomic mass is 19.1. The normalized spacial score (nSPS) is 21.4. The topological polar surface area (TPSA) is 21.8 Å². The summed E-state index contributed by atoms with van der Waals surface area (Å²) in [6, 6.07) is 6.55. The van der Waals surface area contributed by atoms with Gasteiger partial charge >= 0.3 is 0 Å². The molecule has 1 heterocycles. The molecule has 1 fully saturated rings. The minimum atomic E-state index is -0.285. The maximum atomic E-state index is 13.3. The lowest BCUT2D eigenvalue weighted by Gasteiger charge is -2.06. The molecule has 1 saturated heterocycles. The van der Waals surface area contributed by atoms with E-state index < -0.39 is 0 Å². The summed E-state index contributed by atoms with van der Waals surface area (Å²) in [4.78, 5) is 0. The second kappa shape index (κ2) is 7.49. The van der Waals surface area contributed by atoms with E-state index >= 15 is 0 Å². The Labute approximate surface area is 114 Å². The summed E-state index contributed by atoms with van der Waals surface area (Å²) in [6.45, 7) is 2.78. The zero-order chi connectivity index (χ0) is 13.5. The Hall–Kier alpha value is -1.09. The van der Waals surface area contributed by atoms with Crippen LogP contribution in [0.25, 0.3) is 0 Å². The van der Waals surface area contributed by atoms with Crippen LogP contribution in [-0.2, 0) is 4.74 Å². The van der Waals surface area contributed by atoms with Crippen molar-refractivity contribution in [2.75, 3.05) is 6.61 Å². The molecule has 106 valence electrons. The number of benzene rings is 1. The van der Waals surface area contributed by atoms with Crippen molar-refractivity contribution < 1.29 is 13.9 Å². The molecule has 2 atom stereocenters. The zero-order valence-electron chi connectivity index (χ0n) is 11.6. The fraction of sp³-hybridized carbons (Fsp3) is 0.625. The number of para-hydroxylation sites is 1. The van der Waals surface area contributed by atoms with E-state index in [1.807, 2.05) is 0 Å². The van der Waals surface area contributed by atoms with Crippen molar-refractivity contribution in [3.8, 4) is 5.75 Å². The Bertz CT molecular complexity index is 381. The lowest BCUT2D eigenvalue weighted by atomic mass is 10.1. The molecule has 0 amide bonds. The van der Waals surface area contributed by atoms with E-state index in [4.69, 9.17) is 9.47 Å². The Kier molecular flexibility index (Phi) is 5.64.